The lowest BCUT2D eigenvalue weighted by Gasteiger charge is -2.18. The van der Waals surface area contributed by atoms with Crippen molar-refractivity contribution in [3.05, 3.63) is 123 Å². The number of halogens is 3. The lowest BCUT2D eigenvalue weighted by molar-refractivity contribution is -0.167. The molecule has 0 aliphatic rings. The summed E-state index contributed by atoms with van der Waals surface area (Å²) in [5.74, 6) is -2.38. The highest BCUT2D eigenvalue weighted by Gasteiger charge is 2.20. The van der Waals surface area contributed by atoms with E-state index in [-0.39, 0.29) is 50.4 Å². The average Bonchev–Trinajstić information content (AvgIpc) is 3.40. The summed E-state index contributed by atoms with van der Waals surface area (Å²) in [6.45, 7) is 0.674. The van der Waals surface area contributed by atoms with E-state index in [0.29, 0.717) is 54.2 Å². The lowest BCUT2D eigenvalue weighted by atomic mass is 10.1. The van der Waals surface area contributed by atoms with E-state index in [2.05, 4.69) is 0 Å². The van der Waals surface area contributed by atoms with Crippen molar-refractivity contribution in [1.29, 1.82) is 0 Å². The molecule has 75 heavy (non-hydrogen) atoms. The first-order valence-corrected chi connectivity index (χ1v) is 27.9. The molecule has 0 aliphatic heterocycles. The number of carbonyl (C=O) groups excluding carboxylic acids is 6. The van der Waals surface area contributed by atoms with E-state index >= 15 is 0 Å². The number of benzene rings is 3. The molecule has 0 fully saturated rings. The van der Waals surface area contributed by atoms with Gasteiger partial charge in [0.2, 0.25) is 0 Å². The summed E-state index contributed by atoms with van der Waals surface area (Å²) < 4.78 is 32.5. The maximum absolute atomic E-state index is 12.9. The molecule has 0 spiro atoms. The number of ether oxygens (including phenoxy) is 6. The lowest BCUT2D eigenvalue weighted by Crippen LogP contribution is -2.30. The van der Waals surface area contributed by atoms with Crippen LogP contribution < -0.4 is 0 Å². The highest BCUT2D eigenvalue weighted by Crippen LogP contribution is 2.16. The Morgan fingerprint density at radius 3 is 0.880 bits per heavy atom. The van der Waals surface area contributed by atoms with Crippen LogP contribution >= 0.6 is 34.8 Å². The zero-order valence-electron chi connectivity index (χ0n) is 43.5. The quantitative estimate of drug-likeness (QED) is 0.0229. The second-order valence-electron chi connectivity index (χ2n) is 18.3. The van der Waals surface area contributed by atoms with Gasteiger partial charge in [0, 0.05) is 52.6 Å². The molecule has 12 nitrogen and oxygen atoms in total. The molecule has 0 aliphatic carbocycles. The summed E-state index contributed by atoms with van der Waals surface area (Å²) in [7, 11) is 0. The summed E-state index contributed by atoms with van der Waals surface area (Å²) in [4.78, 5) is 74.2. The Morgan fingerprint density at radius 2 is 0.587 bits per heavy atom. The Hall–Kier alpha value is -5.43. The van der Waals surface area contributed by atoms with Gasteiger partial charge in [-0.1, -0.05) is 168 Å². The van der Waals surface area contributed by atoms with Crippen molar-refractivity contribution in [3.8, 4) is 0 Å². The standard InChI is InChI=1S/C60H77Cl3O12/c61-51-34-25-48(26-35-51)31-40-57(66)70-43-19-13-7-1-4-10-16-22-55(64)73-46-54(75-60(69)24-18-12-6-3-9-15-21-45-72-59(68)42-33-50-29-38-53(63)39-30-50)47-74-56(65)23-17-11-5-2-8-14-20-44-71-58(67)41-32-49-27-36-52(62)37-28-49/h25-42,54H,1-24,43-47H2. The van der Waals surface area contributed by atoms with Gasteiger partial charge in [0.05, 0.1) is 19.8 Å². The maximum Gasteiger partial charge on any atom is 0.330 e. The Kier molecular flexibility index (Phi) is 35.6. The number of rotatable bonds is 41. The summed E-state index contributed by atoms with van der Waals surface area (Å²) >= 11 is 17.7. The van der Waals surface area contributed by atoms with Gasteiger partial charge in [-0.15, -0.1) is 0 Å². The fourth-order valence-corrected chi connectivity index (χ4v) is 7.90. The average molecular weight is 1100 g/mol. The molecule has 0 saturated carbocycles. The van der Waals surface area contributed by atoms with Gasteiger partial charge in [0.25, 0.3) is 0 Å². The fraction of sp³-hybridized carbons (Fsp3) is 0.500. The molecule has 3 aromatic rings. The van der Waals surface area contributed by atoms with Crippen LogP contribution in [0.25, 0.3) is 18.2 Å². The van der Waals surface area contributed by atoms with Crippen molar-refractivity contribution in [2.75, 3.05) is 33.0 Å². The van der Waals surface area contributed by atoms with Crippen molar-refractivity contribution in [2.45, 2.75) is 160 Å². The Bertz CT molecular complexity index is 2070. The Balaban J connectivity index is 1.25. The first-order chi connectivity index (χ1) is 36.4. The zero-order valence-corrected chi connectivity index (χ0v) is 45.8. The summed E-state index contributed by atoms with van der Waals surface area (Å²) in [6.07, 6.45) is 27.5. The molecule has 0 N–H and O–H groups in total. The first-order valence-electron chi connectivity index (χ1n) is 26.8. The van der Waals surface area contributed by atoms with Crippen LogP contribution in [-0.2, 0) is 57.2 Å². The molecule has 0 atom stereocenters. The van der Waals surface area contributed by atoms with E-state index < -0.39 is 24.0 Å². The Labute approximate surface area is 459 Å². The molecule has 0 radical (unpaired) electrons. The molecule has 0 saturated heterocycles. The topological polar surface area (TPSA) is 158 Å². The number of esters is 6. The van der Waals surface area contributed by atoms with Crippen LogP contribution in [0.2, 0.25) is 15.1 Å². The summed E-state index contributed by atoms with van der Waals surface area (Å²) in [5, 5.41) is 1.90. The third kappa shape index (κ3) is 35.5. The van der Waals surface area contributed by atoms with Crippen LogP contribution in [0.4, 0.5) is 0 Å². The minimum Gasteiger partial charge on any atom is -0.463 e. The number of hydrogen-bond donors (Lipinski definition) is 0. The monoisotopic (exact) mass is 1090 g/mol. The van der Waals surface area contributed by atoms with Gasteiger partial charge in [-0.05, 0) is 110 Å². The van der Waals surface area contributed by atoms with Gasteiger partial charge in [-0.2, -0.15) is 0 Å². The van der Waals surface area contributed by atoms with Gasteiger partial charge in [0.15, 0.2) is 6.10 Å². The van der Waals surface area contributed by atoms with E-state index in [1.807, 2.05) is 36.4 Å². The van der Waals surface area contributed by atoms with Crippen LogP contribution in [-0.4, -0.2) is 75.0 Å². The minimum atomic E-state index is -0.912. The highest BCUT2D eigenvalue weighted by atomic mass is 35.5. The molecule has 0 heterocycles. The van der Waals surface area contributed by atoms with Crippen molar-refractivity contribution < 1.29 is 57.2 Å². The third-order valence-electron chi connectivity index (χ3n) is 11.8. The zero-order chi connectivity index (χ0) is 54.0. The van der Waals surface area contributed by atoms with E-state index in [9.17, 15) is 28.8 Å². The van der Waals surface area contributed by atoms with Gasteiger partial charge < -0.3 is 28.4 Å². The molecule has 3 aromatic carbocycles. The van der Waals surface area contributed by atoms with Crippen molar-refractivity contribution in [2.24, 2.45) is 0 Å². The normalized spacial score (nSPS) is 11.7. The minimum absolute atomic E-state index is 0.194. The van der Waals surface area contributed by atoms with E-state index in [4.69, 9.17) is 63.2 Å². The number of carbonyl (C=O) groups is 6. The maximum atomic E-state index is 12.9. The molecule has 0 bridgehead atoms. The largest absolute Gasteiger partial charge is 0.463 e. The van der Waals surface area contributed by atoms with Gasteiger partial charge >= 0.3 is 35.8 Å². The van der Waals surface area contributed by atoms with Gasteiger partial charge in [-0.3, -0.25) is 14.4 Å². The van der Waals surface area contributed by atoms with E-state index in [1.165, 1.54) is 18.2 Å². The molecular formula is C60H77Cl3O12. The second kappa shape index (κ2) is 41.8. The summed E-state index contributed by atoms with van der Waals surface area (Å²) in [5.41, 5.74) is 2.59. The van der Waals surface area contributed by atoms with Crippen LogP contribution in [0.5, 0.6) is 0 Å². The SMILES string of the molecule is O=C(C=Cc1ccc(Cl)cc1)OCCCCCCCCCC(=O)OCC(COC(=O)CCCCCCCCCOC(=O)C=Cc1ccc(Cl)cc1)OC(=O)CCCCCCCCCOC(=O)C=Cc1ccc(Cl)cc1. The van der Waals surface area contributed by atoms with Crippen molar-refractivity contribution in [3.63, 3.8) is 0 Å². The van der Waals surface area contributed by atoms with E-state index in [1.54, 1.807) is 54.6 Å². The van der Waals surface area contributed by atoms with Crippen LogP contribution in [0.1, 0.15) is 171 Å². The molecule has 0 aromatic heterocycles. The number of hydrogen-bond acceptors (Lipinski definition) is 12. The molecule has 0 unspecified atom stereocenters. The number of unbranched alkanes of at least 4 members (excludes halogenated alkanes) is 18. The van der Waals surface area contributed by atoms with Crippen molar-refractivity contribution >= 4 is 88.8 Å². The molecular weight excluding hydrogens is 1020 g/mol. The predicted molar refractivity (Wildman–Crippen MR) is 297 cm³/mol. The molecule has 3 rings (SSSR count). The third-order valence-corrected chi connectivity index (χ3v) is 12.6. The Morgan fingerprint density at radius 1 is 0.333 bits per heavy atom. The fourth-order valence-electron chi connectivity index (χ4n) is 7.52. The summed E-state index contributed by atoms with van der Waals surface area (Å²) in [6, 6.07) is 21.5. The van der Waals surface area contributed by atoms with Gasteiger partial charge in [0.1, 0.15) is 13.2 Å². The first kappa shape index (κ1) is 63.9. The van der Waals surface area contributed by atoms with E-state index in [0.717, 1.165) is 132 Å². The van der Waals surface area contributed by atoms with Crippen molar-refractivity contribution in [1.82, 2.24) is 0 Å². The van der Waals surface area contributed by atoms with Gasteiger partial charge in [-0.25, -0.2) is 14.4 Å². The molecule has 15 heteroatoms. The molecule has 410 valence electrons. The van der Waals surface area contributed by atoms with Crippen LogP contribution in [0, 0.1) is 0 Å². The smallest absolute Gasteiger partial charge is 0.330 e. The second-order valence-corrected chi connectivity index (χ2v) is 19.6. The predicted octanol–water partition coefficient (Wildman–Crippen LogP) is 15.1. The van der Waals surface area contributed by atoms with Crippen LogP contribution in [0.15, 0.2) is 91.0 Å². The molecule has 0 amide bonds. The van der Waals surface area contributed by atoms with Crippen LogP contribution in [0.3, 0.4) is 0 Å². The highest BCUT2D eigenvalue weighted by molar-refractivity contribution is 6.31.